The van der Waals surface area contributed by atoms with Crippen molar-refractivity contribution in [3.8, 4) is 0 Å². The number of isocyanates is 2. The molecule has 8 N–H and O–H groups in total. The van der Waals surface area contributed by atoms with E-state index in [4.69, 9.17) is 31.9 Å². The molecule has 0 saturated carbocycles. The summed E-state index contributed by atoms with van der Waals surface area (Å²) in [5.74, 6) is -1.74. The van der Waals surface area contributed by atoms with Gasteiger partial charge < -0.3 is 31.9 Å². The molecular formula is C38H44N4O8. The molecule has 0 saturated heterocycles. The smallest absolute Gasteiger partial charge is 0.303 e. The molecule has 0 atom stereocenters. The number of hydrogen-bond donors (Lipinski definition) is 6. The van der Waals surface area contributed by atoms with E-state index in [0.29, 0.717) is 24.2 Å². The van der Waals surface area contributed by atoms with Crippen molar-refractivity contribution in [3.63, 3.8) is 0 Å². The molecule has 0 unspecified atom stereocenters. The number of nitrogens with zero attached hydrogens (tertiary/aromatic N) is 2. The first kappa shape index (κ1) is 42.1. The van der Waals surface area contributed by atoms with Crippen LogP contribution in [0.1, 0.15) is 60.8 Å². The summed E-state index contributed by atoms with van der Waals surface area (Å²) >= 11 is 0. The lowest BCUT2D eigenvalue weighted by Gasteiger charge is -2.02. The number of aliphatic imine (C=N–C) groups is 2. The van der Waals surface area contributed by atoms with Gasteiger partial charge in [-0.3, -0.25) is 9.59 Å². The van der Waals surface area contributed by atoms with Crippen LogP contribution in [0.25, 0.3) is 0 Å². The number of aliphatic carboxylic acids is 2. The topological polar surface area (TPSA) is 226 Å². The van der Waals surface area contributed by atoms with Crippen LogP contribution in [0.4, 0.5) is 22.7 Å². The molecule has 0 amide bonds. The third-order valence-electron chi connectivity index (χ3n) is 6.60. The fraction of sp³-hybridized carbons (Fsp3) is 0.263. The second kappa shape index (κ2) is 26.1. The molecule has 0 aromatic heterocycles. The number of carboxylic acid groups (broad SMARTS) is 2. The quantitative estimate of drug-likeness (QED) is 0.0386. The van der Waals surface area contributed by atoms with Crippen LogP contribution in [0.3, 0.4) is 0 Å². The van der Waals surface area contributed by atoms with Crippen molar-refractivity contribution in [3.05, 3.63) is 119 Å². The maximum atomic E-state index is 10.1. The minimum absolute atomic E-state index is 0.0628. The van der Waals surface area contributed by atoms with Crippen molar-refractivity contribution in [2.75, 3.05) is 24.7 Å². The van der Waals surface area contributed by atoms with Crippen LogP contribution in [0.2, 0.25) is 0 Å². The molecule has 0 aliphatic heterocycles. The van der Waals surface area contributed by atoms with Crippen molar-refractivity contribution < 1.29 is 39.6 Å². The summed E-state index contributed by atoms with van der Waals surface area (Å²) < 4.78 is 0. The highest BCUT2D eigenvalue weighted by Gasteiger charge is 2.00. The van der Waals surface area contributed by atoms with E-state index in [1.165, 1.54) is 23.3 Å². The van der Waals surface area contributed by atoms with Crippen LogP contribution in [-0.2, 0) is 32.0 Å². The Bertz CT molecular complexity index is 1510. The minimum atomic E-state index is -0.870. The molecule has 4 aromatic rings. The lowest BCUT2D eigenvalue weighted by atomic mass is 10.0. The maximum Gasteiger partial charge on any atom is 0.303 e. The number of aliphatic hydroxyl groups excluding tert-OH is 2. The van der Waals surface area contributed by atoms with Gasteiger partial charge in [0.1, 0.15) is 0 Å². The van der Waals surface area contributed by atoms with E-state index >= 15 is 0 Å². The fourth-order valence-corrected chi connectivity index (χ4v) is 4.00. The van der Waals surface area contributed by atoms with E-state index in [1.807, 2.05) is 72.8 Å². The van der Waals surface area contributed by atoms with E-state index in [9.17, 15) is 19.2 Å². The van der Waals surface area contributed by atoms with Gasteiger partial charge in [-0.1, -0.05) is 48.5 Å². The number of anilines is 2. The van der Waals surface area contributed by atoms with Gasteiger partial charge in [0, 0.05) is 37.4 Å². The monoisotopic (exact) mass is 684 g/mol. The number of hydrogen-bond acceptors (Lipinski definition) is 10. The van der Waals surface area contributed by atoms with E-state index < -0.39 is 11.9 Å². The van der Waals surface area contributed by atoms with E-state index in [1.54, 1.807) is 24.3 Å². The molecule has 12 nitrogen and oxygen atoms in total. The van der Waals surface area contributed by atoms with Crippen molar-refractivity contribution in [2.45, 2.75) is 51.4 Å². The second-order valence-electron chi connectivity index (χ2n) is 10.7. The van der Waals surface area contributed by atoms with Crippen LogP contribution >= 0.6 is 0 Å². The van der Waals surface area contributed by atoms with E-state index in [2.05, 4.69) is 9.98 Å². The number of nitrogen functional groups attached to an aromatic ring is 2. The Balaban J connectivity index is 0.000000360. The highest BCUT2D eigenvalue weighted by molar-refractivity contribution is 5.68. The molecule has 0 radical (unpaired) electrons. The summed E-state index contributed by atoms with van der Waals surface area (Å²) in [4.78, 5) is 47.1. The summed E-state index contributed by atoms with van der Waals surface area (Å²) in [5.41, 5.74) is 18.8. The average molecular weight is 685 g/mol. The zero-order valence-electron chi connectivity index (χ0n) is 27.8. The van der Waals surface area contributed by atoms with Gasteiger partial charge in [-0.05, 0) is 109 Å². The molecule has 12 heteroatoms. The van der Waals surface area contributed by atoms with Gasteiger partial charge in [-0.2, -0.15) is 9.98 Å². The van der Waals surface area contributed by atoms with Gasteiger partial charge >= 0.3 is 11.9 Å². The SMILES string of the molecule is Nc1ccc(Cc2ccc(N)cc2)cc1.O=C(O)CCCCC(=O)O.O=C=Nc1ccc(Cc2ccc(N=C=O)cc2)cc1.OCCCCO. The minimum Gasteiger partial charge on any atom is -0.481 e. The molecule has 0 aliphatic carbocycles. The Hall–Kier alpha value is -5.90. The third-order valence-corrected chi connectivity index (χ3v) is 6.60. The maximum absolute atomic E-state index is 10.1. The number of carbonyl (C=O) groups excluding carboxylic acids is 2. The van der Waals surface area contributed by atoms with Crippen LogP contribution in [0, 0.1) is 0 Å². The average Bonchev–Trinajstić information content (AvgIpc) is 3.10. The fourth-order valence-electron chi connectivity index (χ4n) is 4.00. The van der Waals surface area contributed by atoms with Gasteiger partial charge in [0.15, 0.2) is 0 Å². The first-order valence-corrected chi connectivity index (χ1v) is 15.8. The van der Waals surface area contributed by atoms with Crippen LogP contribution in [0.5, 0.6) is 0 Å². The zero-order chi connectivity index (χ0) is 37.0. The lowest BCUT2D eigenvalue weighted by Crippen LogP contribution is -1.97. The number of unbranched alkanes of at least 4 members (excludes halogenated alkanes) is 2. The lowest BCUT2D eigenvalue weighted by molar-refractivity contribution is -0.139. The Labute approximate surface area is 291 Å². The molecule has 0 heterocycles. The van der Waals surface area contributed by atoms with E-state index in [-0.39, 0.29) is 26.1 Å². The van der Waals surface area contributed by atoms with Gasteiger partial charge in [0.05, 0.1) is 11.4 Å². The number of benzene rings is 4. The zero-order valence-corrected chi connectivity index (χ0v) is 27.8. The van der Waals surface area contributed by atoms with Gasteiger partial charge in [0.25, 0.3) is 0 Å². The predicted molar refractivity (Wildman–Crippen MR) is 193 cm³/mol. The number of aliphatic hydroxyl groups is 2. The Morgan fingerprint density at radius 2 is 0.780 bits per heavy atom. The number of carboxylic acids is 2. The van der Waals surface area contributed by atoms with Crippen LogP contribution < -0.4 is 11.5 Å². The van der Waals surface area contributed by atoms with Crippen LogP contribution in [0.15, 0.2) is 107 Å². The predicted octanol–water partition coefficient (Wildman–Crippen LogP) is 6.12. The van der Waals surface area contributed by atoms with Gasteiger partial charge in [-0.15, -0.1) is 0 Å². The molecule has 264 valence electrons. The highest BCUT2D eigenvalue weighted by atomic mass is 16.4. The molecule has 0 spiro atoms. The van der Waals surface area contributed by atoms with Crippen molar-refractivity contribution in [1.82, 2.24) is 0 Å². The van der Waals surface area contributed by atoms with Gasteiger partial charge in [0.2, 0.25) is 12.2 Å². The third kappa shape index (κ3) is 21.1. The standard InChI is InChI=1S/C15H10N2O2.C13H14N2.C6H10O4.C4H10O2/c18-10-16-14-5-1-12(2-6-14)9-13-3-7-15(8-4-13)17-11-19;14-12-5-1-10(2-6-12)9-11-3-7-13(15)8-4-11;7-5(8)3-1-2-4-6(9)10;5-3-1-2-4-6/h1-8H,9H2;1-8H,9,14-15H2;1-4H2,(H,7,8)(H,9,10);5-6H,1-4H2. The molecule has 50 heavy (non-hydrogen) atoms. The molecule has 0 aliphatic rings. The molecule has 4 aromatic carbocycles. The highest BCUT2D eigenvalue weighted by Crippen LogP contribution is 2.18. The second-order valence-corrected chi connectivity index (χ2v) is 10.7. The molecule has 4 rings (SSSR count). The Morgan fingerprint density at radius 1 is 0.500 bits per heavy atom. The number of nitrogens with two attached hydrogens (primary N) is 2. The molecule has 0 bridgehead atoms. The summed E-state index contributed by atoms with van der Waals surface area (Å²) in [6.07, 6.45) is 7.14. The largest absolute Gasteiger partial charge is 0.481 e. The molecular weight excluding hydrogens is 640 g/mol. The normalized spacial score (nSPS) is 9.48. The summed E-state index contributed by atoms with van der Waals surface area (Å²) in [5, 5.41) is 32.4. The summed E-state index contributed by atoms with van der Waals surface area (Å²) in [6.45, 7) is 0.390. The van der Waals surface area contributed by atoms with Gasteiger partial charge in [-0.25, -0.2) is 9.59 Å². The summed E-state index contributed by atoms with van der Waals surface area (Å²) in [6, 6.07) is 30.6. The summed E-state index contributed by atoms with van der Waals surface area (Å²) in [7, 11) is 0. The number of carbonyl (C=O) groups is 2. The Kier molecular flexibility index (Phi) is 22.0. The van der Waals surface area contributed by atoms with E-state index in [0.717, 1.165) is 48.2 Å². The molecule has 0 fully saturated rings. The van der Waals surface area contributed by atoms with Crippen molar-refractivity contribution in [1.29, 1.82) is 0 Å². The Morgan fingerprint density at radius 3 is 1.02 bits per heavy atom. The van der Waals surface area contributed by atoms with Crippen molar-refractivity contribution in [2.24, 2.45) is 9.98 Å². The first-order valence-electron chi connectivity index (χ1n) is 15.8. The first-order chi connectivity index (χ1) is 24.1. The number of rotatable bonds is 14. The van der Waals surface area contributed by atoms with Crippen molar-refractivity contribution >= 4 is 46.8 Å². The van der Waals surface area contributed by atoms with Crippen LogP contribution in [-0.4, -0.2) is 57.7 Å².